The quantitative estimate of drug-likeness (QED) is 0.739. The Morgan fingerprint density at radius 1 is 1.27 bits per heavy atom. The van der Waals surface area contributed by atoms with Gasteiger partial charge in [-0.1, -0.05) is 6.07 Å². The first-order chi connectivity index (χ1) is 7.00. The molecule has 0 fully saturated rings. The number of benzene rings is 1. The second-order valence-electron chi connectivity index (χ2n) is 3.05. The summed E-state index contributed by atoms with van der Waals surface area (Å²) in [6.45, 7) is 1.73. The topological polar surface area (TPSA) is 74.6 Å². The molecule has 0 bridgehead atoms. The lowest BCUT2D eigenvalue weighted by Crippen LogP contribution is -1.97. The normalized spacial score (nSPS) is 10.5. The van der Waals surface area contributed by atoms with E-state index in [2.05, 4.69) is 0 Å². The molecule has 2 N–H and O–H groups in total. The molecule has 0 heterocycles. The Balaban J connectivity index is 3.03. The molecule has 0 aliphatic rings. The van der Waals surface area contributed by atoms with E-state index in [-0.39, 0.29) is 5.56 Å². The van der Waals surface area contributed by atoms with Crippen LogP contribution in [-0.2, 0) is 4.79 Å². The van der Waals surface area contributed by atoms with Crippen molar-refractivity contribution in [3.05, 3.63) is 41.0 Å². The van der Waals surface area contributed by atoms with E-state index in [0.29, 0.717) is 5.56 Å². The van der Waals surface area contributed by atoms with E-state index >= 15 is 0 Å². The van der Waals surface area contributed by atoms with Crippen LogP contribution < -0.4 is 0 Å². The molecular formula is C11H10O4. The third-order valence-electron chi connectivity index (χ3n) is 1.92. The van der Waals surface area contributed by atoms with Crippen molar-refractivity contribution in [2.24, 2.45) is 0 Å². The molecule has 0 saturated heterocycles. The summed E-state index contributed by atoms with van der Waals surface area (Å²) < 4.78 is 0. The number of carbonyl (C=O) groups is 2. The summed E-state index contributed by atoms with van der Waals surface area (Å²) >= 11 is 0. The van der Waals surface area contributed by atoms with E-state index in [4.69, 9.17) is 10.2 Å². The Morgan fingerprint density at radius 3 is 2.40 bits per heavy atom. The Kier molecular flexibility index (Phi) is 3.23. The van der Waals surface area contributed by atoms with Gasteiger partial charge < -0.3 is 10.2 Å². The molecule has 1 aromatic carbocycles. The Bertz CT molecular complexity index is 432. The van der Waals surface area contributed by atoms with E-state index in [1.807, 2.05) is 0 Å². The van der Waals surface area contributed by atoms with Crippen molar-refractivity contribution in [3.8, 4) is 0 Å². The number of aryl methyl sites for hydroxylation is 1. The van der Waals surface area contributed by atoms with E-state index in [1.54, 1.807) is 13.0 Å². The number of hydrogen-bond acceptors (Lipinski definition) is 2. The number of aliphatic carboxylic acids is 1. The van der Waals surface area contributed by atoms with Crippen molar-refractivity contribution in [2.75, 3.05) is 0 Å². The SMILES string of the molecule is Cc1cc(C(=O)O)ccc1C=CC(=O)O. The maximum atomic E-state index is 10.6. The molecule has 15 heavy (non-hydrogen) atoms. The van der Waals surface area contributed by atoms with Gasteiger partial charge in [-0.25, -0.2) is 9.59 Å². The number of carboxylic acid groups (broad SMARTS) is 2. The lowest BCUT2D eigenvalue weighted by atomic mass is 10.0. The predicted molar refractivity (Wildman–Crippen MR) is 54.8 cm³/mol. The lowest BCUT2D eigenvalue weighted by Gasteiger charge is -2.01. The van der Waals surface area contributed by atoms with Crippen LogP contribution in [0.4, 0.5) is 0 Å². The highest BCUT2D eigenvalue weighted by Crippen LogP contribution is 2.12. The third-order valence-corrected chi connectivity index (χ3v) is 1.92. The summed E-state index contributed by atoms with van der Waals surface area (Å²) in [5, 5.41) is 17.1. The second kappa shape index (κ2) is 4.41. The monoisotopic (exact) mass is 206 g/mol. The largest absolute Gasteiger partial charge is 0.478 e. The molecule has 78 valence electrons. The molecule has 0 unspecified atom stereocenters. The van der Waals surface area contributed by atoms with Crippen molar-refractivity contribution >= 4 is 18.0 Å². The van der Waals surface area contributed by atoms with Crippen molar-refractivity contribution in [1.82, 2.24) is 0 Å². The third kappa shape index (κ3) is 2.95. The summed E-state index contributed by atoms with van der Waals surface area (Å²) in [5.74, 6) is -2.02. The minimum Gasteiger partial charge on any atom is -0.478 e. The minimum absolute atomic E-state index is 0.194. The molecule has 4 heteroatoms. The fourth-order valence-electron chi connectivity index (χ4n) is 1.16. The molecule has 0 aliphatic heterocycles. The molecule has 0 radical (unpaired) electrons. The van der Waals surface area contributed by atoms with Crippen LogP contribution in [0.25, 0.3) is 6.08 Å². The van der Waals surface area contributed by atoms with Crippen LogP contribution in [0.1, 0.15) is 21.5 Å². The van der Waals surface area contributed by atoms with Gasteiger partial charge in [-0.2, -0.15) is 0 Å². The predicted octanol–water partition coefficient (Wildman–Crippen LogP) is 1.79. The number of rotatable bonds is 3. The average molecular weight is 206 g/mol. The Hall–Kier alpha value is -2.10. The molecule has 0 aliphatic carbocycles. The number of hydrogen-bond donors (Lipinski definition) is 2. The maximum absolute atomic E-state index is 10.6. The zero-order valence-corrected chi connectivity index (χ0v) is 8.10. The van der Waals surface area contributed by atoms with Crippen molar-refractivity contribution < 1.29 is 19.8 Å². The zero-order valence-electron chi connectivity index (χ0n) is 8.10. The molecule has 1 aromatic rings. The van der Waals surface area contributed by atoms with E-state index in [0.717, 1.165) is 11.6 Å². The summed E-state index contributed by atoms with van der Waals surface area (Å²) in [5.41, 5.74) is 1.62. The van der Waals surface area contributed by atoms with Crippen LogP contribution in [0.5, 0.6) is 0 Å². The fraction of sp³-hybridized carbons (Fsp3) is 0.0909. The summed E-state index contributed by atoms with van der Waals surface area (Å²) in [6, 6.07) is 4.53. The Labute approximate surface area is 86.5 Å². The molecule has 0 aromatic heterocycles. The highest BCUT2D eigenvalue weighted by molar-refractivity contribution is 5.89. The smallest absolute Gasteiger partial charge is 0.335 e. The minimum atomic E-state index is -1.03. The van der Waals surface area contributed by atoms with Gasteiger partial charge in [0.1, 0.15) is 0 Å². The first-order valence-electron chi connectivity index (χ1n) is 4.25. The highest BCUT2D eigenvalue weighted by atomic mass is 16.4. The van der Waals surface area contributed by atoms with Crippen LogP contribution in [0.15, 0.2) is 24.3 Å². The standard InChI is InChI=1S/C11H10O4/c1-7-6-9(11(14)15)3-2-8(7)4-5-10(12)13/h2-6H,1H3,(H,12,13)(H,14,15). The van der Waals surface area contributed by atoms with Crippen molar-refractivity contribution in [3.63, 3.8) is 0 Å². The van der Waals surface area contributed by atoms with Crippen LogP contribution in [0.3, 0.4) is 0 Å². The van der Waals surface area contributed by atoms with Crippen molar-refractivity contribution in [1.29, 1.82) is 0 Å². The molecule has 0 spiro atoms. The van der Waals surface area contributed by atoms with E-state index in [9.17, 15) is 9.59 Å². The summed E-state index contributed by atoms with van der Waals surface area (Å²) in [6.07, 6.45) is 2.45. The van der Waals surface area contributed by atoms with Crippen LogP contribution in [0.2, 0.25) is 0 Å². The molecular weight excluding hydrogens is 196 g/mol. The first-order valence-corrected chi connectivity index (χ1v) is 4.25. The molecule has 1 rings (SSSR count). The van der Waals surface area contributed by atoms with Crippen LogP contribution in [-0.4, -0.2) is 22.2 Å². The van der Waals surface area contributed by atoms with E-state index in [1.165, 1.54) is 18.2 Å². The fourth-order valence-corrected chi connectivity index (χ4v) is 1.16. The first kappa shape index (κ1) is 11.0. The zero-order chi connectivity index (χ0) is 11.4. The summed E-state index contributed by atoms with van der Waals surface area (Å²) in [4.78, 5) is 20.9. The highest BCUT2D eigenvalue weighted by Gasteiger charge is 2.03. The maximum Gasteiger partial charge on any atom is 0.335 e. The van der Waals surface area contributed by atoms with Gasteiger partial charge in [0.2, 0.25) is 0 Å². The molecule has 0 saturated carbocycles. The van der Waals surface area contributed by atoms with Crippen LogP contribution in [0, 0.1) is 6.92 Å². The van der Waals surface area contributed by atoms with Gasteiger partial charge in [-0.3, -0.25) is 0 Å². The van der Waals surface area contributed by atoms with Gasteiger partial charge in [-0.15, -0.1) is 0 Å². The average Bonchev–Trinajstić information content (AvgIpc) is 2.15. The van der Waals surface area contributed by atoms with Gasteiger partial charge in [0.15, 0.2) is 0 Å². The second-order valence-corrected chi connectivity index (χ2v) is 3.05. The molecule has 0 amide bonds. The number of aromatic carboxylic acids is 1. The Morgan fingerprint density at radius 2 is 1.93 bits per heavy atom. The van der Waals surface area contributed by atoms with Gasteiger partial charge in [0, 0.05) is 6.08 Å². The van der Waals surface area contributed by atoms with Crippen LogP contribution >= 0.6 is 0 Å². The lowest BCUT2D eigenvalue weighted by molar-refractivity contribution is -0.131. The summed E-state index contributed by atoms with van der Waals surface area (Å²) in [7, 11) is 0. The van der Waals surface area contributed by atoms with Gasteiger partial charge in [-0.05, 0) is 36.3 Å². The van der Waals surface area contributed by atoms with Gasteiger partial charge >= 0.3 is 11.9 Å². The molecule has 4 nitrogen and oxygen atoms in total. The van der Waals surface area contributed by atoms with Gasteiger partial charge in [0.05, 0.1) is 5.56 Å². The van der Waals surface area contributed by atoms with E-state index < -0.39 is 11.9 Å². The van der Waals surface area contributed by atoms with Crippen molar-refractivity contribution in [2.45, 2.75) is 6.92 Å². The number of carboxylic acids is 2. The van der Waals surface area contributed by atoms with Gasteiger partial charge in [0.25, 0.3) is 0 Å². The molecule has 0 atom stereocenters.